The van der Waals surface area contributed by atoms with E-state index >= 15 is 0 Å². The zero-order valence-corrected chi connectivity index (χ0v) is 10.3. The molecule has 0 amide bonds. The van der Waals surface area contributed by atoms with Gasteiger partial charge in [0, 0.05) is 11.8 Å². The Morgan fingerprint density at radius 3 is 2.30 bits per heavy atom. The Labute approximate surface area is 111 Å². The largest absolute Gasteiger partial charge is 0.478 e. The van der Waals surface area contributed by atoms with Crippen LogP contribution in [0, 0.1) is 6.92 Å². The molecule has 0 spiro atoms. The zero-order chi connectivity index (χ0) is 14.9. The normalized spacial score (nSPS) is 11.4. The molecule has 2 rings (SSSR count). The summed E-state index contributed by atoms with van der Waals surface area (Å²) in [6.07, 6.45) is -4.18. The topological polar surface area (TPSA) is 63.1 Å². The predicted octanol–water partition coefficient (Wildman–Crippen LogP) is 3.17. The van der Waals surface area contributed by atoms with E-state index in [1.54, 1.807) is 24.3 Å². The molecule has 0 radical (unpaired) electrons. The first-order valence-electron chi connectivity index (χ1n) is 5.53. The lowest BCUT2D eigenvalue weighted by molar-refractivity contribution is -0.141. The number of carboxylic acids is 1. The maximum Gasteiger partial charge on any atom is 0.434 e. The van der Waals surface area contributed by atoms with Crippen LogP contribution in [0.4, 0.5) is 13.2 Å². The van der Waals surface area contributed by atoms with E-state index < -0.39 is 23.4 Å². The van der Waals surface area contributed by atoms with Crippen molar-refractivity contribution in [2.75, 3.05) is 0 Å². The summed E-state index contributed by atoms with van der Waals surface area (Å²) in [4.78, 5) is 17.8. The Kier molecular flexibility index (Phi) is 3.44. The molecule has 1 aromatic carbocycles. The number of alkyl halides is 3. The number of rotatable bonds is 2. The molecule has 0 saturated heterocycles. The van der Waals surface area contributed by atoms with Gasteiger partial charge in [0.05, 0.1) is 0 Å². The minimum atomic E-state index is -4.85. The van der Waals surface area contributed by atoms with Gasteiger partial charge in [0.2, 0.25) is 0 Å². The highest BCUT2D eigenvalue weighted by atomic mass is 19.4. The number of benzene rings is 1. The van der Waals surface area contributed by atoms with Crippen molar-refractivity contribution in [2.24, 2.45) is 0 Å². The third-order valence-electron chi connectivity index (χ3n) is 2.60. The molecule has 0 aliphatic rings. The van der Waals surface area contributed by atoms with E-state index in [1.165, 1.54) is 0 Å². The molecule has 1 N–H and O–H groups in total. The number of carboxylic acid groups (broad SMARTS) is 1. The van der Waals surface area contributed by atoms with Crippen LogP contribution in [-0.2, 0) is 6.18 Å². The van der Waals surface area contributed by atoms with Gasteiger partial charge in [-0.15, -0.1) is 0 Å². The Bertz CT molecular complexity index is 652. The van der Waals surface area contributed by atoms with E-state index in [4.69, 9.17) is 5.11 Å². The summed E-state index contributed by atoms with van der Waals surface area (Å²) in [7, 11) is 0. The van der Waals surface area contributed by atoms with Gasteiger partial charge in [-0.2, -0.15) is 13.2 Å². The first-order chi connectivity index (χ1) is 9.29. The van der Waals surface area contributed by atoms with E-state index in [0.29, 0.717) is 11.8 Å². The summed E-state index contributed by atoms with van der Waals surface area (Å²) in [5.74, 6) is -1.88. The van der Waals surface area contributed by atoms with Gasteiger partial charge >= 0.3 is 12.1 Å². The fourth-order valence-electron chi connectivity index (χ4n) is 1.60. The molecule has 2 aromatic rings. The van der Waals surface area contributed by atoms with Crippen LogP contribution in [0.3, 0.4) is 0 Å². The van der Waals surface area contributed by atoms with Crippen molar-refractivity contribution in [2.45, 2.75) is 13.1 Å². The van der Waals surface area contributed by atoms with Crippen molar-refractivity contribution in [1.82, 2.24) is 9.97 Å². The van der Waals surface area contributed by atoms with Gasteiger partial charge in [-0.1, -0.05) is 29.8 Å². The van der Waals surface area contributed by atoms with Crippen molar-refractivity contribution < 1.29 is 23.1 Å². The van der Waals surface area contributed by atoms with Gasteiger partial charge in [-0.05, 0) is 6.92 Å². The van der Waals surface area contributed by atoms with E-state index in [0.717, 1.165) is 5.56 Å². The van der Waals surface area contributed by atoms with Crippen LogP contribution in [0.5, 0.6) is 0 Å². The first kappa shape index (κ1) is 14.0. The molecular formula is C13H9F3N2O2. The number of hydrogen-bond acceptors (Lipinski definition) is 3. The lowest BCUT2D eigenvalue weighted by atomic mass is 10.1. The van der Waals surface area contributed by atoms with Gasteiger partial charge < -0.3 is 5.11 Å². The van der Waals surface area contributed by atoms with Crippen molar-refractivity contribution in [3.63, 3.8) is 0 Å². The predicted molar refractivity (Wildman–Crippen MR) is 64.2 cm³/mol. The maximum atomic E-state index is 12.8. The molecule has 0 saturated carbocycles. The third-order valence-corrected chi connectivity index (χ3v) is 2.60. The van der Waals surface area contributed by atoms with Gasteiger partial charge in [-0.3, -0.25) is 0 Å². The van der Waals surface area contributed by atoms with Gasteiger partial charge in [0.15, 0.2) is 11.5 Å². The monoisotopic (exact) mass is 282 g/mol. The molecule has 0 aliphatic heterocycles. The smallest absolute Gasteiger partial charge is 0.434 e. The summed E-state index contributed by atoms with van der Waals surface area (Å²) in [6.45, 7) is 1.83. The quantitative estimate of drug-likeness (QED) is 0.919. The number of aromatic nitrogens is 2. The third kappa shape index (κ3) is 2.76. The van der Waals surface area contributed by atoms with Crippen LogP contribution < -0.4 is 0 Å². The Balaban J connectivity index is 2.58. The number of aromatic carboxylic acids is 1. The summed E-state index contributed by atoms with van der Waals surface area (Å²) >= 11 is 0. The highest BCUT2D eigenvalue weighted by Gasteiger charge is 2.38. The minimum Gasteiger partial charge on any atom is -0.478 e. The molecule has 0 aliphatic carbocycles. The average Bonchev–Trinajstić information content (AvgIpc) is 2.38. The number of halogens is 3. The molecular weight excluding hydrogens is 273 g/mol. The SMILES string of the molecule is Cc1ccc(-c2ncc(C(=O)O)c(C(F)(F)F)n2)cc1. The Morgan fingerprint density at radius 2 is 1.80 bits per heavy atom. The molecule has 4 nitrogen and oxygen atoms in total. The van der Waals surface area contributed by atoms with Crippen LogP contribution >= 0.6 is 0 Å². The lowest BCUT2D eigenvalue weighted by Gasteiger charge is -2.10. The molecule has 7 heteroatoms. The van der Waals surface area contributed by atoms with E-state index in [9.17, 15) is 18.0 Å². The van der Waals surface area contributed by atoms with Crippen molar-refractivity contribution >= 4 is 5.97 Å². The summed E-state index contributed by atoms with van der Waals surface area (Å²) < 4.78 is 38.4. The van der Waals surface area contributed by atoms with Crippen LogP contribution in [0.25, 0.3) is 11.4 Å². The zero-order valence-electron chi connectivity index (χ0n) is 10.3. The lowest BCUT2D eigenvalue weighted by Crippen LogP contribution is -2.16. The maximum absolute atomic E-state index is 12.8. The van der Waals surface area contributed by atoms with Gasteiger partial charge in [0.25, 0.3) is 0 Å². The second kappa shape index (κ2) is 4.92. The standard InChI is InChI=1S/C13H9F3N2O2/c1-7-2-4-8(5-3-7)11-17-6-9(12(19)20)10(18-11)13(14,15)16/h2-6H,1H3,(H,19,20). The van der Waals surface area contributed by atoms with E-state index in [2.05, 4.69) is 9.97 Å². The van der Waals surface area contributed by atoms with E-state index in [1.807, 2.05) is 6.92 Å². The molecule has 0 atom stereocenters. The minimum absolute atomic E-state index is 0.165. The van der Waals surface area contributed by atoms with Crippen molar-refractivity contribution in [3.8, 4) is 11.4 Å². The number of nitrogens with zero attached hydrogens (tertiary/aromatic N) is 2. The summed E-state index contributed by atoms with van der Waals surface area (Å²) in [5.41, 5.74) is -1.09. The molecule has 0 unspecified atom stereocenters. The average molecular weight is 282 g/mol. The van der Waals surface area contributed by atoms with Crippen LogP contribution in [0.1, 0.15) is 21.6 Å². The number of hydrogen-bond donors (Lipinski definition) is 1. The van der Waals surface area contributed by atoms with Gasteiger partial charge in [-0.25, -0.2) is 14.8 Å². The van der Waals surface area contributed by atoms with Crippen molar-refractivity contribution in [1.29, 1.82) is 0 Å². The fourth-order valence-corrected chi connectivity index (χ4v) is 1.60. The van der Waals surface area contributed by atoms with Crippen LogP contribution in [0.2, 0.25) is 0 Å². The molecule has 104 valence electrons. The van der Waals surface area contributed by atoms with E-state index in [-0.39, 0.29) is 5.82 Å². The molecule has 0 fully saturated rings. The Hall–Kier alpha value is -2.44. The number of aryl methyl sites for hydroxylation is 1. The highest BCUT2D eigenvalue weighted by Crippen LogP contribution is 2.31. The van der Waals surface area contributed by atoms with Crippen molar-refractivity contribution in [3.05, 3.63) is 47.3 Å². The number of carbonyl (C=O) groups is 1. The second-order valence-corrected chi connectivity index (χ2v) is 4.12. The first-order valence-corrected chi connectivity index (χ1v) is 5.53. The van der Waals surface area contributed by atoms with Gasteiger partial charge in [0.1, 0.15) is 5.56 Å². The molecule has 0 bridgehead atoms. The highest BCUT2D eigenvalue weighted by molar-refractivity contribution is 5.89. The van der Waals surface area contributed by atoms with Crippen LogP contribution in [-0.4, -0.2) is 21.0 Å². The summed E-state index contributed by atoms with van der Waals surface area (Å²) in [6, 6.07) is 6.56. The second-order valence-electron chi connectivity index (χ2n) is 4.12. The molecule has 20 heavy (non-hydrogen) atoms. The fraction of sp³-hybridized carbons (Fsp3) is 0.154. The Morgan fingerprint density at radius 1 is 1.20 bits per heavy atom. The molecule has 1 heterocycles. The molecule has 1 aromatic heterocycles. The van der Waals surface area contributed by atoms with Crippen LogP contribution in [0.15, 0.2) is 30.5 Å². The summed E-state index contributed by atoms with van der Waals surface area (Å²) in [5, 5.41) is 8.75.